The molecule has 0 unspecified atom stereocenters. The molecule has 4 aromatic rings. The van der Waals surface area contributed by atoms with Crippen LogP contribution in [0.5, 0.6) is 5.75 Å². The van der Waals surface area contributed by atoms with Gasteiger partial charge in [-0.25, -0.2) is 14.6 Å². The highest BCUT2D eigenvalue weighted by atomic mass is 16.6. The first-order valence-electron chi connectivity index (χ1n) is 13.2. The van der Waals surface area contributed by atoms with Gasteiger partial charge in [0.15, 0.2) is 0 Å². The first-order chi connectivity index (χ1) is 19.2. The fourth-order valence-electron chi connectivity index (χ4n) is 4.25. The summed E-state index contributed by atoms with van der Waals surface area (Å²) in [6.07, 6.45) is 7.61. The van der Waals surface area contributed by atoms with Crippen molar-refractivity contribution in [3.8, 4) is 5.75 Å². The number of hydrogen-bond acceptors (Lipinski definition) is 5. The summed E-state index contributed by atoms with van der Waals surface area (Å²) in [5.41, 5.74) is 1.21. The van der Waals surface area contributed by atoms with Crippen LogP contribution in [0.3, 0.4) is 0 Å². The topological polar surface area (TPSA) is 93.9 Å². The van der Waals surface area contributed by atoms with Crippen molar-refractivity contribution < 1.29 is 24.2 Å². The Morgan fingerprint density at radius 3 is 2.48 bits per heavy atom. The van der Waals surface area contributed by atoms with Crippen molar-refractivity contribution in [1.82, 2.24) is 14.5 Å². The highest BCUT2D eigenvalue weighted by molar-refractivity contribution is 5.88. The van der Waals surface area contributed by atoms with Crippen molar-refractivity contribution >= 4 is 28.9 Å². The second-order valence-electron chi connectivity index (χ2n) is 10.6. The van der Waals surface area contributed by atoms with E-state index in [4.69, 9.17) is 9.47 Å². The van der Waals surface area contributed by atoms with Gasteiger partial charge in [-0.05, 0) is 61.9 Å². The number of aromatic carboxylic acids is 1. The van der Waals surface area contributed by atoms with Crippen molar-refractivity contribution in [2.75, 3.05) is 19.7 Å². The van der Waals surface area contributed by atoms with E-state index in [-0.39, 0.29) is 18.7 Å². The number of nitrogens with zero attached hydrogens (tertiary/aromatic N) is 3. The van der Waals surface area contributed by atoms with Crippen LogP contribution in [0.15, 0.2) is 91.0 Å². The van der Waals surface area contributed by atoms with E-state index in [9.17, 15) is 14.7 Å². The summed E-state index contributed by atoms with van der Waals surface area (Å²) in [5.74, 6) is -0.238. The van der Waals surface area contributed by atoms with Gasteiger partial charge in [0.2, 0.25) is 0 Å². The number of hydrogen-bond donors (Lipinski definition) is 1. The fourth-order valence-corrected chi connectivity index (χ4v) is 4.25. The number of fused-ring (bicyclic) bond motifs is 1. The smallest absolute Gasteiger partial charge is 0.410 e. The van der Waals surface area contributed by atoms with Gasteiger partial charge in [0.05, 0.1) is 11.9 Å². The van der Waals surface area contributed by atoms with E-state index in [1.54, 1.807) is 41.7 Å². The molecule has 0 saturated carbocycles. The number of aromatic nitrogens is 2. The molecular formula is C32H35N3O5. The molecule has 1 N–H and O–H groups in total. The Balaban J connectivity index is 1.59. The van der Waals surface area contributed by atoms with E-state index in [2.05, 4.69) is 4.98 Å². The molecule has 8 heteroatoms. The molecule has 0 aliphatic carbocycles. The number of imidazole rings is 1. The number of ether oxygens (including phenoxy) is 2. The Kier molecular flexibility index (Phi) is 9.22. The summed E-state index contributed by atoms with van der Waals surface area (Å²) in [6, 6.07) is 20.6. The van der Waals surface area contributed by atoms with Gasteiger partial charge >= 0.3 is 12.1 Å². The Morgan fingerprint density at radius 1 is 1.02 bits per heavy atom. The number of carbonyl (C=O) groups is 2. The molecule has 0 spiro atoms. The third kappa shape index (κ3) is 8.20. The van der Waals surface area contributed by atoms with Crippen LogP contribution in [0.25, 0.3) is 16.8 Å². The first kappa shape index (κ1) is 28.4. The van der Waals surface area contributed by atoms with Crippen molar-refractivity contribution in [3.63, 3.8) is 0 Å². The number of benzene rings is 3. The van der Waals surface area contributed by atoms with Gasteiger partial charge in [-0.1, -0.05) is 54.6 Å². The van der Waals surface area contributed by atoms with Gasteiger partial charge in [0.25, 0.3) is 0 Å². The molecule has 1 heterocycles. The predicted octanol–water partition coefficient (Wildman–Crippen LogP) is 6.52. The molecule has 1 amide bonds. The van der Waals surface area contributed by atoms with Crippen molar-refractivity contribution in [3.05, 3.63) is 102 Å². The minimum absolute atomic E-state index is 0.209. The lowest BCUT2D eigenvalue weighted by atomic mass is 10.1. The Morgan fingerprint density at radius 2 is 1.77 bits per heavy atom. The van der Waals surface area contributed by atoms with E-state index in [1.165, 1.54) is 0 Å². The number of carbonyl (C=O) groups excluding carboxylic acids is 1. The lowest BCUT2D eigenvalue weighted by molar-refractivity contribution is 0.0260. The van der Waals surface area contributed by atoms with E-state index in [1.807, 2.05) is 80.1 Å². The van der Waals surface area contributed by atoms with E-state index >= 15 is 0 Å². The lowest BCUT2D eigenvalue weighted by Crippen LogP contribution is -2.39. The minimum Gasteiger partial charge on any atom is -0.489 e. The Bertz CT molecular complexity index is 1450. The molecule has 208 valence electrons. The van der Waals surface area contributed by atoms with E-state index < -0.39 is 17.7 Å². The van der Waals surface area contributed by atoms with Crippen LogP contribution in [-0.4, -0.2) is 56.9 Å². The minimum atomic E-state index is -0.982. The largest absolute Gasteiger partial charge is 0.489 e. The summed E-state index contributed by atoms with van der Waals surface area (Å²) in [5, 5.41) is 11.4. The number of carboxylic acids is 1. The fraction of sp³-hybridized carbons (Fsp3) is 0.281. The SMILES string of the molecule is CC(C)(C)OC(=O)N(CCCn1ccnc1)C/C(=C\c1ccc(C(=O)O)cc1)COc1cccc2ccccc12. The number of rotatable bonds is 11. The predicted molar refractivity (Wildman–Crippen MR) is 155 cm³/mol. The highest BCUT2D eigenvalue weighted by Gasteiger charge is 2.23. The maximum atomic E-state index is 13.3. The van der Waals surface area contributed by atoms with Gasteiger partial charge < -0.3 is 24.0 Å². The standard InChI is InChI=1S/C32H35N3O5/c1-32(2,3)40-31(38)35(18-7-17-34-19-16-33-23-34)21-25(20-24-12-14-27(15-13-24)30(36)37)22-39-29-11-6-9-26-8-4-5-10-28(26)29/h4-6,8-16,19-20,23H,7,17-18,21-22H2,1-3H3,(H,36,37)/b25-20+. The third-order valence-corrected chi connectivity index (χ3v) is 6.14. The average Bonchev–Trinajstić information content (AvgIpc) is 3.44. The van der Waals surface area contributed by atoms with Gasteiger partial charge in [-0.15, -0.1) is 0 Å². The average molecular weight is 542 g/mol. The number of carboxylic acid groups (broad SMARTS) is 1. The molecular weight excluding hydrogens is 506 g/mol. The van der Waals surface area contributed by atoms with Gasteiger partial charge in [-0.3, -0.25) is 0 Å². The zero-order valence-corrected chi connectivity index (χ0v) is 23.1. The normalized spacial score (nSPS) is 11.8. The summed E-state index contributed by atoms with van der Waals surface area (Å²) in [4.78, 5) is 30.4. The molecule has 3 aromatic carbocycles. The van der Waals surface area contributed by atoms with Crippen LogP contribution < -0.4 is 4.74 Å². The zero-order valence-electron chi connectivity index (χ0n) is 23.1. The van der Waals surface area contributed by atoms with Gasteiger partial charge in [0, 0.05) is 37.4 Å². The monoisotopic (exact) mass is 541 g/mol. The molecule has 0 saturated heterocycles. The molecule has 4 rings (SSSR count). The van der Waals surface area contributed by atoms with Crippen LogP contribution in [-0.2, 0) is 11.3 Å². The van der Waals surface area contributed by atoms with E-state index in [0.717, 1.165) is 27.7 Å². The highest BCUT2D eigenvalue weighted by Crippen LogP contribution is 2.26. The van der Waals surface area contributed by atoms with E-state index in [0.29, 0.717) is 19.5 Å². The quantitative estimate of drug-likeness (QED) is 0.232. The van der Waals surface area contributed by atoms with Crippen LogP contribution in [0, 0.1) is 0 Å². The summed E-state index contributed by atoms with van der Waals surface area (Å²) in [6.45, 7) is 7.23. The molecule has 8 nitrogen and oxygen atoms in total. The van der Waals surface area contributed by atoms with Crippen molar-refractivity contribution in [2.45, 2.75) is 39.3 Å². The van der Waals surface area contributed by atoms with Crippen molar-refractivity contribution in [1.29, 1.82) is 0 Å². The summed E-state index contributed by atoms with van der Waals surface area (Å²) >= 11 is 0. The lowest BCUT2D eigenvalue weighted by Gasteiger charge is -2.28. The molecule has 0 atom stereocenters. The molecule has 0 radical (unpaired) electrons. The number of aryl methyl sites for hydroxylation is 1. The Labute approximate surface area is 234 Å². The molecule has 0 fully saturated rings. The second kappa shape index (κ2) is 13.0. The maximum absolute atomic E-state index is 13.3. The molecule has 0 bridgehead atoms. The van der Waals surface area contributed by atoms with Crippen LogP contribution >= 0.6 is 0 Å². The molecule has 40 heavy (non-hydrogen) atoms. The zero-order chi connectivity index (χ0) is 28.5. The summed E-state index contributed by atoms with van der Waals surface area (Å²) in [7, 11) is 0. The van der Waals surface area contributed by atoms with Gasteiger partial charge in [-0.2, -0.15) is 0 Å². The van der Waals surface area contributed by atoms with Crippen LogP contribution in [0.4, 0.5) is 4.79 Å². The summed E-state index contributed by atoms with van der Waals surface area (Å²) < 4.78 is 14.0. The first-order valence-corrected chi connectivity index (χ1v) is 13.2. The Hall–Kier alpha value is -4.59. The van der Waals surface area contributed by atoms with Crippen molar-refractivity contribution in [2.24, 2.45) is 0 Å². The van der Waals surface area contributed by atoms with Crippen LogP contribution in [0.2, 0.25) is 0 Å². The molecule has 1 aromatic heterocycles. The molecule has 0 aliphatic rings. The second-order valence-corrected chi connectivity index (χ2v) is 10.6. The van der Waals surface area contributed by atoms with Gasteiger partial charge in [0.1, 0.15) is 18.0 Å². The molecule has 0 aliphatic heterocycles. The third-order valence-electron chi connectivity index (χ3n) is 6.14. The van der Waals surface area contributed by atoms with Crippen LogP contribution in [0.1, 0.15) is 43.1 Å². The number of amides is 1. The maximum Gasteiger partial charge on any atom is 0.410 e.